The van der Waals surface area contributed by atoms with Crippen LogP contribution < -0.4 is 0 Å². The summed E-state index contributed by atoms with van der Waals surface area (Å²) in [4.78, 5) is 17.6. The smallest absolute Gasteiger partial charge is 0.416 e. The zero-order chi connectivity index (χ0) is 26.7. The molecule has 37 heavy (non-hydrogen) atoms. The van der Waals surface area contributed by atoms with E-state index in [0.29, 0.717) is 43.9 Å². The van der Waals surface area contributed by atoms with Gasteiger partial charge in [0, 0.05) is 37.7 Å². The van der Waals surface area contributed by atoms with E-state index >= 15 is 0 Å². The molecule has 0 unspecified atom stereocenters. The Hall–Kier alpha value is -3.06. The number of rotatable bonds is 8. The zero-order valence-corrected chi connectivity index (χ0v) is 21.9. The van der Waals surface area contributed by atoms with Crippen LogP contribution in [-0.4, -0.2) is 41.9 Å². The average Bonchev–Trinajstić information content (AvgIpc) is 3.43. The van der Waals surface area contributed by atoms with Crippen LogP contribution in [0.5, 0.6) is 0 Å². The first-order valence-electron chi connectivity index (χ1n) is 12.8. The summed E-state index contributed by atoms with van der Waals surface area (Å²) in [5.41, 5.74) is 1.72. The maximum atomic E-state index is 13.5. The summed E-state index contributed by atoms with van der Waals surface area (Å²) in [7, 11) is 0. The molecule has 0 saturated carbocycles. The van der Waals surface area contributed by atoms with Crippen molar-refractivity contribution in [3.8, 4) is 0 Å². The fourth-order valence-electron chi connectivity index (χ4n) is 5.23. The van der Waals surface area contributed by atoms with Gasteiger partial charge in [0.25, 0.3) is 5.91 Å². The molecule has 0 bridgehead atoms. The van der Waals surface area contributed by atoms with E-state index in [9.17, 15) is 18.0 Å². The zero-order valence-electron chi connectivity index (χ0n) is 21.9. The minimum Gasteiger partial charge on any atom is -0.465 e. The summed E-state index contributed by atoms with van der Waals surface area (Å²) in [5.74, 6) is 1.70. The van der Waals surface area contributed by atoms with Crippen LogP contribution in [-0.2, 0) is 12.7 Å². The van der Waals surface area contributed by atoms with Gasteiger partial charge in [0.05, 0.1) is 12.1 Å². The van der Waals surface area contributed by atoms with Crippen molar-refractivity contribution in [1.29, 1.82) is 0 Å². The average molecular weight is 513 g/mol. The molecule has 2 atom stereocenters. The monoisotopic (exact) mass is 512 g/mol. The van der Waals surface area contributed by atoms with Gasteiger partial charge in [0.2, 0.25) is 0 Å². The van der Waals surface area contributed by atoms with Crippen molar-refractivity contribution in [1.82, 2.24) is 9.80 Å². The second-order valence-electron chi connectivity index (χ2n) is 10.7. The van der Waals surface area contributed by atoms with E-state index in [-0.39, 0.29) is 23.7 Å². The Bertz CT molecular complexity index is 1200. The Morgan fingerprint density at radius 3 is 2.41 bits per heavy atom. The van der Waals surface area contributed by atoms with Crippen LogP contribution in [0.1, 0.15) is 58.3 Å². The van der Waals surface area contributed by atoms with Gasteiger partial charge in [-0.3, -0.25) is 9.69 Å². The largest absolute Gasteiger partial charge is 0.465 e. The van der Waals surface area contributed by atoms with Crippen LogP contribution in [0.2, 0.25) is 0 Å². The lowest BCUT2D eigenvalue weighted by Gasteiger charge is -2.30. The molecule has 3 aromatic rings. The summed E-state index contributed by atoms with van der Waals surface area (Å²) in [5, 5.41) is 0. The molecule has 7 heteroatoms. The normalized spacial score (nSPS) is 18.5. The number of hydrogen-bond donors (Lipinski definition) is 0. The molecule has 0 N–H and O–H groups in total. The van der Waals surface area contributed by atoms with Gasteiger partial charge < -0.3 is 9.32 Å². The topological polar surface area (TPSA) is 36.7 Å². The first-order valence-corrected chi connectivity index (χ1v) is 12.8. The predicted molar refractivity (Wildman–Crippen MR) is 138 cm³/mol. The number of hydrogen-bond acceptors (Lipinski definition) is 3. The third-order valence-electron chi connectivity index (χ3n) is 6.96. The molecule has 0 spiro atoms. The lowest BCUT2D eigenvalue weighted by Crippen LogP contribution is -2.39. The minimum absolute atomic E-state index is 0.0207. The number of amides is 1. The first-order chi connectivity index (χ1) is 17.5. The van der Waals surface area contributed by atoms with Crippen molar-refractivity contribution < 1.29 is 22.4 Å². The predicted octanol–water partition coefficient (Wildman–Crippen LogP) is 6.93. The first kappa shape index (κ1) is 27.0. The van der Waals surface area contributed by atoms with E-state index in [4.69, 9.17) is 4.42 Å². The minimum atomic E-state index is -4.40. The number of furan rings is 1. The number of nitrogens with zero attached hydrogens (tertiary/aromatic N) is 2. The highest BCUT2D eigenvalue weighted by molar-refractivity contribution is 5.94. The van der Waals surface area contributed by atoms with Gasteiger partial charge in [-0.15, -0.1) is 0 Å². The van der Waals surface area contributed by atoms with Crippen LogP contribution in [0.4, 0.5) is 13.2 Å². The van der Waals surface area contributed by atoms with Gasteiger partial charge in [-0.25, -0.2) is 0 Å². The Morgan fingerprint density at radius 1 is 1.05 bits per heavy atom. The van der Waals surface area contributed by atoms with Gasteiger partial charge in [0.15, 0.2) is 0 Å². The summed E-state index contributed by atoms with van der Waals surface area (Å²) in [6, 6.07) is 17.0. The standard InChI is InChI=1S/C30H35F3N2O2/c1-20(2)15-35(29(36)23-11-8-21(3)9-12-23)17-25-16-34(18-27-13-10-22(4)37-27)19-28(25)24-6-5-7-26(14-24)30(31,32)33/h5-14,20,25,28H,15-19H2,1-4H3/t25-,28+/m0/s1. The molecule has 1 aliphatic heterocycles. The third kappa shape index (κ3) is 6.83. The van der Waals surface area contributed by atoms with E-state index in [1.54, 1.807) is 6.07 Å². The van der Waals surface area contributed by atoms with Crippen LogP contribution >= 0.6 is 0 Å². The summed E-state index contributed by atoms with van der Waals surface area (Å²) in [6.45, 7) is 10.9. The molecule has 0 aliphatic carbocycles. The molecule has 198 valence electrons. The van der Waals surface area contributed by atoms with E-state index in [1.165, 1.54) is 12.1 Å². The second kappa shape index (κ2) is 11.1. The van der Waals surface area contributed by atoms with E-state index in [2.05, 4.69) is 18.7 Å². The van der Waals surface area contributed by atoms with Crippen molar-refractivity contribution in [3.05, 3.63) is 94.4 Å². The second-order valence-corrected chi connectivity index (χ2v) is 10.7. The van der Waals surface area contributed by atoms with Crippen LogP contribution in [0.3, 0.4) is 0 Å². The molecule has 2 heterocycles. The van der Waals surface area contributed by atoms with Gasteiger partial charge in [0.1, 0.15) is 11.5 Å². The number of carbonyl (C=O) groups excluding carboxylic acids is 1. The number of aryl methyl sites for hydroxylation is 2. The fraction of sp³-hybridized carbons (Fsp3) is 0.433. The Morgan fingerprint density at radius 2 is 1.78 bits per heavy atom. The number of alkyl halides is 3. The molecule has 0 radical (unpaired) electrons. The van der Waals surface area contributed by atoms with Crippen LogP contribution in [0.15, 0.2) is 65.1 Å². The van der Waals surface area contributed by atoms with E-state index in [0.717, 1.165) is 23.2 Å². The van der Waals surface area contributed by atoms with Crippen LogP contribution in [0.25, 0.3) is 0 Å². The van der Waals surface area contributed by atoms with E-state index < -0.39 is 11.7 Å². The van der Waals surface area contributed by atoms with Gasteiger partial charge in [-0.2, -0.15) is 13.2 Å². The molecule has 4 rings (SSSR count). The van der Waals surface area contributed by atoms with E-state index in [1.807, 2.05) is 55.1 Å². The molecule has 1 aromatic heterocycles. The summed E-state index contributed by atoms with van der Waals surface area (Å²) in [6.07, 6.45) is -4.40. The quantitative estimate of drug-likeness (QED) is 0.328. The van der Waals surface area contributed by atoms with Gasteiger partial charge in [-0.05, 0) is 61.6 Å². The summed E-state index contributed by atoms with van der Waals surface area (Å²) < 4.78 is 46.3. The molecule has 1 saturated heterocycles. The Labute approximate surface area is 217 Å². The molecule has 1 aliphatic rings. The Kier molecular flexibility index (Phi) is 8.12. The highest BCUT2D eigenvalue weighted by Crippen LogP contribution is 2.37. The van der Waals surface area contributed by atoms with Crippen molar-refractivity contribution in [2.24, 2.45) is 11.8 Å². The SMILES string of the molecule is Cc1ccc(C(=O)N(CC(C)C)C[C@@H]2CN(Cc3ccc(C)o3)C[C@@H]2c2cccc(C(F)(F)F)c2)cc1. The molecular formula is C30H35F3N2O2. The van der Waals surface area contributed by atoms with Crippen molar-refractivity contribution >= 4 is 5.91 Å². The lowest BCUT2D eigenvalue weighted by molar-refractivity contribution is -0.137. The lowest BCUT2D eigenvalue weighted by atomic mass is 9.87. The summed E-state index contributed by atoms with van der Waals surface area (Å²) >= 11 is 0. The molecule has 1 amide bonds. The van der Waals surface area contributed by atoms with Crippen molar-refractivity contribution in [2.45, 2.75) is 46.3 Å². The highest BCUT2D eigenvalue weighted by Gasteiger charge is 2.38. The maximum Gasteiger partial charge on any atom is 0.416 e. The van der Waals surface area contributed by atoms with Crippen molar-refractivity contribution in [2.75, 3.05) is 26.2 Å². The maximum absolute atomic E-state index is 13.5. The molecule has 4 nitrogen and oxygen atoms in total. The number of likely N-dealkylation sites (tertiary alicyclic amines) is 1. The molecule has 1 fully saturated rings. The highest BCUT2D eigenvalue weighted by atomic mass is 19.4. The number of benzene rings is 2. The number of halogens is 3. The molecular weight excluding hydrogens is 477 g/mol. The van der Waals surface area contributed by atoms with Gasteiger partial charge in [-0.1, -0.05) is 49.7 Å². The fourth-order valence-corrected chi connectivity index (χ4v) is 5.23. The molecule has 2 aromatic carbocycles. The third-order valence-corrected chi connectivity index (χ3v) is 6.96. The van der Waals surface area contributed by atoms with Gasteiger partial charge >= 0.3 is 6.18 Å². The number of carbonyl (C=O) groups is 1. The van der Waals surface area contributed by atoms with Crippen LogP contribution in [0, 0.1) is 25.7 Å². The Balaban J connectivity index is 1.62. The van der Waals surface area contributed by atoms with Crippen molar-refractivity contribution in [3.63, 3.8) is 0 Å².